The third kappa shape index (κ3) is 15.9. The second-order valence-corrected chi connectivity index (χ2v) is 44.6. The Bertz CT molecular complexity index is 5750. The Morgan fingerprint density at radius 1 is 0.212 bits per heavy atom. The molecule has 2 nitrogen and oxygen atoms in total. The fraction of sp³-hybridized carbons (Fsp3) is 0.400. The number of fused-ring (bicyclic) bond motifs is 4. The summed E-state index contributed by atoms with van der Waals surface area (Å²) in [7, 11) is 0. The Kier molecular flexibility index (Phi) is 18.7. The van der Waals surface area contributed by atoms with Crippen LogP contribution in [0.4, 0.5) is 34.1 Å². The van der Waals surface area contributed by atoms with E-state index in [9.17, 15) is 5.48 Å². The second kappa shape index (κ2) is 27.9. The third-order valence-corrected chi connectivity index (χ3v) is 24.2. The van der Waals surface area contributed by atoms with Crippen LogP contribution >= 0.6 is 0 Å². The molecule has 11 aromatic carbocycles. The molecule has 0 unspecified atom stereocenters. The quantitative estimate of drug-likeness (QED) is 0.140. The van der Waals surface area contributed by atoms with E-state index in [-0.39, 0.29) is 83.9 Å². The van der Waals surface area contributed by atoms with E-state index in [1.807, 2.05) is 6.07 Å². The smallest absolute Gasteiger partial charge is 0.252 e. The van der Waals surface area contributed by atoms with Gasteiger partial charge in [0.2, 0.25) is 0 Å². The maximum Gasteiger partial charge on any atom is 0.252 e. The molecule has 0 fully saturated rings. The predicted molar refractivity (Wildman–Crippen MR) is 499 cm³/mol. The zero-order chi connectivity index (χ0) is 87.1. The minimum atomic E-state index is -0.468. The summed E-state index contributed by atoms with van der Waals surface area (Å²) in [5.74, 6) is 0. The number of hydrogen-bond acceptors (Lipinski definition) is 2. The summed E-state index contributed by atoms with van der Waals surface area (Å²) >= 11 is 0. The first-order valence-corrected chi connectivity index (χ1v) is 41.7. The molecule has 0 spiro atoms. The molecule has 2 aliphatic heterocycles. The molecule has 0 atom stereocenters. The molecule has 0 saturated carbocycles. The van der Waals surface area contributed by atoms with Gasteiger partial charge in [0, 0.05) is 45.0 Å². The van der Waals surface area contributed by atoms with Gasteiger partial charge >= 0.3 is 0 Å². The third-order valence-electron chi connectivity index (χ3n) is 24.2. The van der Waals surface area contributed by atoms with Crippen molar-refractivity contribution < 1.29 is 6.85 Å². The molecule has 11 aromatic rings. The van der Waals surface area contributed by atoms with E-state index in [0.717, 1.165) is 106 Å². The Hall–Kier alpha value is -8.92. The summed E-state index contributed by atoms with van der Waals surface area (Å²) < 4.78 is 47.4. The minimum Gasteiger partial charge on any atom is -0.310 e. The van der Waals surface area contributed by atoms with Crippen LogP contribution in [0.2, 0.25) is 0 Å². The Labute approximate surface area is 691 Å². The van der Waals surface area contributed by atoms with Gasteiger partial charge in [0.15, 0.2) is 0 Å². The van der Waals surface area contributed by atoms with Gasteiger partial charge in [0.05, 0.1) is 18.2 Å². The second-order valence-electron chi connectivity index (χ2n) is 44.6. The lowest BCUT2D eigenvalue weighted by atomic mass is 9.33. The SMILES string of the molecule is [2H]c1c([2H])c([2H])c(-c2ccc3c(c2)N(c2c(-c4ccc(C(C)(C)C)cc4)cc(C(C)(C)C)cc2-c2ccc(C(C)(C)C)cc2C(C)(C)C)c2cc(C(C)(C)C)cc4c2B3c2ccc(-c3cc(C(C)(C)C)cc(C(C)(C)C)c3)cc2N4c2c(-c3ccc(C(C)(C)C)cc3)cc(C(C)(C)C)cc2-c2cc(C(C)(C)C)ccc2C(C)(C)C)c([2H])c1[2H]. The van der Waals surface area contributed by atoms with Gasteiger partial charge in [0.25, 0.3) is 6.71 Å². The van der Waals surface area contributed by atoms with E-state index >= 15 is 0 Å². The lowest BCUT2D eigenvalue weighted by Gasteiger charge is -2.47. The van der Waals surface area contributed by atoms with Crippen LogP contribution in [0.15, 0.2) is 206 Å². The first kappa shape index (κ1) is 75.4. The van der Waals surface area contributed by atoms with Gasteiger partial charge in [-0.15, -0.1) is 0 Å². The van der Waals surface area contributed by atoms with Crippen LogP contribution in [-0.4, -0.2) is 6.71 Å². The van der Waals surface area contributed by atoms with Crippen molar-refractivity contribution in [2.45, 2.75) is 288 Å². The molecule has 0 aromatic heterocycles. The van der Waals surface area contributed by atoms with Gasteiger partial charge in [0.1, 0.15) is 0 Å². The molecule has 0 aliphatic carbocycles. The topological polar surface area (TPSA) is 6.48 Å². The van der Waals surface area contributed by atoms with Crippen molar-refractivity contribution in [3.63, 3.8) is 0 Å². The number of benzene rings is 11. The molecule has 113 heavy (non-hydrogen) atoms. The van der Waals surface area contributed by atoms with E-state index in [1.165, 1.54) is 61.2 Å². The van der Waals surface area contributed by atoms with Gasteiger partial charge in [-0.3, -0.25) is 0 Å². The number of hydrogen-bond donors (Lipinski definition) is 0. The summed E-state index contributed by atoms with van der Waals surface area (Å²) in [5, 5.41) is 0. The molecule has 0 N–H and O–H groups in total. The summed E-state index contributed by atoms with van der Waals surface area (Å²) in [6, 6.07) is 68.1. The van der Waals surface area contributed by atoms with Crippen LogP contribution in [0, 0.1) is 0 Å². The monoisotopic (exact) mass is 1500 g/mol. The molecule has 0 bridgehead atoms. The standard InChI is InChI=1S/C110H133BN2/c1-100(2,3)74-45-39-69(40-46-74)84-61-80(106(19,20)21)63-87(83-51-49-77(103(10,11)12)65-90(83)110(31,32)33)98(84)112-93-57-71(68-37-35-34-36-38-68)43-53-91(93)111-92-54-44-72(73-55-78(104(13,14)15)59-79(56-73)105(16,17)18)58-94(92)113(96-67-82(108(25,26)27)66-95(112)97(96)111)99-85(70-41-47-75(48-42-70)101(4,5)6)62-81(107(22,23)24)64-88(99)86-60-76(102(7,8)9)50-52-89(86)109(28,29)30/h34-67H,1-33H3/i34D,35D,36D,37D,38D. The Morgan fingerprint density at radius 2 is 0.531 bits per heavy atom. The van der Waals surface area contributed by atoms with E-state index in [4.69, 9.17) is 1.37 Å². The Balaban J connectivity index is 1.34. The highest BCUT2D eigenvalue weighted by molar-refractivity contribution is 7.00. The van der Waals surface area contributed by atoms with Crippen molar-refractivity contribution in [3.05, 3.63) is 267 Å². The average Bonchev–Trinajstić information content (AvgIpc) is 0.682. The zero-order valence-corrected chi connectivity index (χ0v) is 75.2. The van der Waals surface area contributed by atoms with Gasteiger partial charge < -0.3 is 9.80 Å². The van der Waals surface area contributed by atoms with Crippen molar-refractivity contribution in [2.75, 3.05) is 9.80 Å². The molecular weight excluding hydrogens is 1360 g/mol. The van der Waals surface area contributed by atoms with E-state index in [0.29, 0.717) is 5.56 Å². The molecule has 2 heterocycles. The first-order chi connectivity index (χ1) is 54.0. The lowest BCUT2D eigenvalue weighted by Crippen LogP contribution is -2.61. The van der Waals surface area contributed by atoms with Gasteiger partial charge in [-0.25, -0.2) is 0 Å². The molecule has 0 amide bonds. The van der Waals surface area contributed by atoms with Crippen LogP contribution in [0.5, 0.6) is 0 Å². The van der Waals surface area contributed by atoms with E-state index < -0.39 is 18.2 Å². The van der Waals surface area contributed by atoms with Crippen LogP contribution < -0.4 is 26.2 Å². The van der Waals surface area contributed by atoms with Crippen LogP contribution in [-0.2, 0) is 59.6 Å². The normalized spacial score (nSPS) is 14.6. The molecule has 13 rings (SSSR count). The predicted octanol–water partition coefficient (Wildman–Crippen LogP) is 30.0. The van der Waals surface area contributed by atoms with Crippen LogP contribution in [0.25, 0.3) is 66.8 Å². The van der Waals surface area contributed by atoms with Gasteiger partial charge in [-0.2, -0.15) is 0 Å². The summed E-state index contributed by atoms with van der Waals surface area (Å²) in [6.07, 6.45) is 0. The summed E-state index contributed by atoms with van der Waals surface area (Å²) in [5.41, 5.74) is 32.1. The number of rotatable bonds is 8. The minimum absolute atomic E-state index is 0.111. The molecular formula is C110H133BN2. The van der Waals surface area contributed by atoms with E-state index in [1.54, 1.807) is 0 Å². The molecule has 586 valence electrons. The van der Waals surface area contributed by atoms with Crippen LogP contribution in [0.1, 0.15) is 297 Å². The fourth-order valence-corrected chi connectivity index (χ4v) is 16.8. The highest BCUT2D eigenvalue weighted by atomic mass is 15.2. The maximum atomic E-state index is 9.86. The number of nitrogens with zero attached hydrogens (tertiary/aromatic N) is 2. The average molecular weight is 1500 g/mol. The van der Waals surface area contributed by atoms with Crippen molar-refractivity contribution in [1.82, 2.24) is 0 Å². The first-order valence-electron chi connectivity index (χ1n) is 44.2. The lowest BCUT2D eigenvalue weighted by molar-refractivity contribution is 0.568. The highest BCUT2D eigenvalue weighted by Crippen LogP contribution is 2.58. The highest BCUT2D eigenvalue weighted by Gasteiger charge is 2.47. The van der Waals surface area contributed by atoms with Gasteiger partial charge in [-0.05, 0) is 230 Å². The molecule has 0 saturated heterocycles. The van der Waals surface area contributed by atoms with E-state index in [2.05, 4.69) is 408 Å². The number of anilines is 6. The van der Waals surface area contributed by atoms with Crippen molar-refractivity contribution in [3.8, 4) is 66.8 Å². The Morgan fingerprint density at radius 3 is 0.920 bits per heavy atom. The fourth-order valence-electron chi connectivity index (χ4n) is 16.8. The summed E-state index contributed by atoms with van der Waals surface area (Å²) in [6.45, 7) is 76.8. The van der Waals surface area contributed by atoms with Crippen LogP contribution in [0.3, 0.4) is 0 Å². The van der Waals surface area contributed by atoms with Gasteiger partial charge in [-0.1, -0.05) is 386 Å². The zero-order valence-electron chi connectivity index (χ0n) is 80.2. The van der Waals surface area contributed by atoms with Crippen molar-refractivity contribution >= 4 is 57.2 Å². The largest absolute Gasteiger partial charge is 0.310 e. The van der Waals surface area contributed by atoms with Crippen molar-refractivity contribution in [2.24, 2.45) is 0 Å². The molecule has 0 radical (unpaired) electrons. The molecule has 2 aliphatic rings. The maximum absolute atomic E-state index is 9.86. The van der Waals surface area contributed by atoms with Crippen molar-refractivity contribution in [1.29, 1.82) is 0 Å². The summed E-state index contributed by atoms with van der Waals surface area (Å²) in [4.78, 5) is 5.34. The molecule has 3 heteroatoms.